The largest absolute Gasteiger partial charge is 0.337 e. The van der Waals surface area contributed by atoms with Gasteiger partial charge in [0.25, 0.3) is 0 Å². The van der Waals surface area contributed by atoms with Crippen molar-refractivity contribution in [2.75, 3.05) is 6.54 Å². The van der Waals surface area contributed by atoms with Gasteiger partial charge in [-0.3, -0.25) is 4.79 Å². The van der Waals surface area contributed by atoms with Crippen LogP contribution in [0.15, 0.2) is 28.8 Å². The maximum Gasteiger partial charge on any atom is 0.249 e. The maximum absolute atomic E-state index is 12.8. The minimum atomic E-state index is -0.102. The summed E-state index contributed by atoms with van der Waals surface area (Å²) in [4.78, 5) is 19.3. The van der Waals surface area contributed by atoms with Gasteiger partial charge in [-0.05, 0) is 37.7 Å². The molecule has 0 bridgehead atoms. The number of aryl methyl sites for hydroxylation is 1. The van der Waals surface area contributed by atoms with Crippen LogP contribution >= 0.6 is 0 Å². The third-order valence-electron chi connectivity index (χ3n) is 4.51. The molecular weight excluding hydrogens is 314 g/mol. The van der Waals surface area contributed by atoms with Crippen LogP contribution in [0.4, 0.5) is 0 Å². The number of benzene rings is 1. The monoisotopic (exact) mass is 341 g/mol. The summed E-state index contributed by atoms with van der Waals surface area (Å²) in [5, 5.41) is 4.15. The maximum atomic E-state index is 12.8. The molecule has 1 aliphatic rings. The van der Waals surface area contributed by atoms with Gasteiger partial charge in [0.2, 0.25) is 17.6 Å². The number of amides is 1. The van der Waals surface area contributed by atoms with Crippen molar-refractivity contribution in [1.82, 2.24) is 15.0 Å². The van der Waals surface area contributed by atoms with Gasteiger partial charge in [0.15, 0.2) is 0 Å². The third kappa shape index (κ3) is 4.27. The first-order valence-electron chi connectivity index (χ1n) is 9.04. The molecule has 1 fully saturated rings. The number of carbonyl (C=O) groups is 1. The SMILES string of the molecule is Cc1cccc(-c2noc([C@H]3CCCCN3C(=O)CC(C)(C)C)n2)c1. The summed E-state index contributed by atoms with van der Waals surface area (Å²) in [6.45, 7) is 9.07. The summed E-state index contributed by atoms with van der Waals surface area (Å²) in [6.07, 6.45) is 3.52. The van der Waals surface area contributed by atoms with Gasteiger partial charge in [-0.25, -0.2) is 0 Å². The number of carbonyl (C=O) groups excluding carboxylic acids is 1. The van der Waals surface area contributed by atoms with Gasteiger partial charge in [-0.2, -0.15) is 4.98 Å². The Hall–Kier alpha value is -2.17. The molecule has 2 aromatic rings. The average molecular weight is 341 g/mol. The lowest BCUT2D eigenvalue weighted by atomic mass is 9.90. The fourth-order valence-corrected chi connectivity index (χ4v) is 3.31. The topological polar surface area (TPSA) is 59.2 Å². The van der Waals surface area contributed by atoms with Gasteiger partial charge in [0.05, 0.1) is 0 Å². The van der Waals surface area contributed by atoms with E-state index in [0.29, 0.717) is 18.1 Å². The lowest BCUT2D eigenvalue weighted by Crippen LogP contribution is -2.40. The molecule has 0 spiro atoms. The second kappa shape index (κ2) is 6.98. The van der Waals surface area contributed by atoms with Gasteiger partial charge in [-0.15, -0.1) is 0 Å². The molecule has 0 N–H and O–H groups in total. The summed E-state index contributed by atoms with van der Waals surface area (Å²) < 4.78 is 5.55. The van der Waals surface area contributed by atoms with Crippen molar-refractivity contribution in [3.63, 3.8) is 0 Å². The average Bonchev–Trinajstić information content (AvgIpc) is 3.03. The highest BCUT2D eigenvalue weighted by molar-refractivity contribution is 5.77. The Morgan fingerprint density at radius 1 is 1.32 bits per heavy atom. The standard InChI is InChI=1S/C20H27N3O2/c1-14-8-7-9-15(12-14)18-21-19(25-22-18)16-10-5-6-11-23(16)17(24)13-20(2,3)4/h7-9,12,16H,5-6,10-11,13H2,1-4H3/t16-/m1/s1. The number of piperidine rings is 1. The molecule has 25 heavy (non-hydrogen) atoms. The number of hydrogen-bond acceptors (Lipinski definition) is 4. The molecule has 1 saturated heterocycles. The lowest BCUT2D eigenvalue weighted by molar-refractivity contribution is -0.137. The molecule has 0 aliphatic carbocycles. The van der Waals surface area contributed by atoms with E-state index < -0.39 is 0 Å². The Labute approximate surface area is 149 Å². The van der Waals surface area contributed by atoms with E-state index in [-0.39, 0.29) is 17.4 Å². The normalized spacial score (nSPS) is 18.4. The molecule has 1 aliphatic heterocycles. The van der Waals surface area contributed by atoms with E-state index in [4.69, 9.17) is 4.52 Å². The van der Waals surface area contributed by atoms with Crippen LogP contribution in [0.1, 0.15) is 64.0 Å². The molecule has 0 saturated carbocycles. The minimum Gasteiger partial charge on any atom is -0.337 e. The van der Waals surface area contributed by atoms with Gasteiger partial charge in [0, 0.05) is 18.5 Å². The molecule has 3 rings (SSSR count). The Bertz CT molecular complexity index is 745. The Balaban J connectivity index is 1.82. The van der Waals surface area contributed by atoms with Crippen LogP contribution in [0.2, 0.25) is 0 Å². The number of likely N-dealkylation sites (tertiary alicyclic amines) is 1. The molecule has 5 heteroatoms. The van der Waals surface area contributed by atoms with Gasteiger partial charge >= 0.3 is 0 Å². The van der Waals surface area contributed by atoms with E-state index >= 15 is 0 Å². The molecule has 1 atom stereocenters. The fraction of sp³-hybridized carbons (Fsp3) is 0.550. The van der Waals surface area contributed by atoms with Crippen molar-refractivity contribution in [2.45, 2.75) is 59.4 Å². The van der Waals surface area contributed by atoms with E-state index in [9.17, 15) is 4.79 Å². The first kappa shape index (κ1) is 17.6. The van der Waals surface area contributed by atoms with E-state index in [1.54, 1.807) is 0 Å². The van der Waals surface area contributed by atoms with Crippen molar-refractivity contribution in [1.29, 1.82) is 0 Å². The van der Waals surface area contributed by atoms with E-state index in [0.717, 1.165) is 36.9 Å². The van der Waals surface area contributed by atoms with Crippen molar-refractivity contribution in [2.24, 2.45) is 5.41 Å². The van der Waals surface area contributed by atoms with Gasteiger partial charge in [-0.1, -0.05) is 49.7 Å². The van der Waals surface area contributed by atoms with Crippen LogP contribution in [0.5, 0.6) is 0 Å². The van der Waals surface area contributed by atoms with Crippen molar-refractivity contribution < 1.29 is 9.32 Å². The Morgan fingerprint density at radius 3 is 2.84 bits per heavy atom. The molecular formula is C20H27N3O2. The van der Waals surface area contributed by atoms with Gasteiger partial charge < -0.3 is 9.42 Å². The first-order valence-corrected chi connectivity index (χ1v) is 9.04. The molecule has 2 heterocycles. The van der Waals surface area contributed by atoms with E-state index in [1.807, 2.05) is 36.1 Å². The second-order valence-electron chi connectivity index (χ2n) is 8.16. The van der Waals surface area contributed by atoms with Crippen molar-refractivity contribution in [3.8, 4) is 11.4 Å². The molecule has 1 aromatic carbocycles. The minimum absolute atomic E-state index is 0.0271. The van der Waals surface area contributed by atoms with Gasteiger partial charge in [0.1, 0.15) is 6.04 Å². The number of aromatic nitrogens is 2. The number of hydrogen-bond donors (Lipinski definition) is 0. The van der Waals surface area contributed by atoms with Crippen LogP contribution in [-0.4, -0.2) is 27.5 Å². The van der Waals surface area contributed by atoms with Crippen LogP contribution in [0.3, 0.4) is 0 Å². The highest BCUT2D eigenvalue weighted by Crippen LogP contribution is 2.33. The summed E-state index contributed by atoms with van der Waals surface area (Å²) in [6, 6.07) is 7.94. The zero-order valence-electron chi connectivity index (χ0n) is 15.6. The Morgan fingerprint density at radius 2 is 2.12 bits per heavy atom. The number of nitrogens with zero attached hydrogens (tertiary/aromatic N) is 3. The second-order valence-corrected chi connectivity index (χ2v) is 8.16. The van der Waals surface area contributed by atoms with Crippen LogP contribution < -0.4 is 0 Å². The van der Waals surface area contributed by atoms with Crippen molar-refractivity contribution >= 4 is 5.91 Å². The third-order valence-corrected chi connectivity index (χ3v) is 4.51. The predicted molar refractivity (Wildman–Crippen MR) is 96.8 cm³/mol. The summed E-state index contributed by atoms with van der Waals surface area (Å²) in [5.41, 5.74) is 2.07. The Kier molecular flexibility index (Phi) is 4.93. The fourth-order valence-electron chi connectivity index (χ4n) is 3.31. The van der Waals surface area contributed by atoms with Crippen LogP contribution in [-0.2, 0) is 4.79 Å². The van der Waals surface area contributed by atoms with E-state index in [2.05, 4.69) is 30.9 Å². The van der Waals surface area contributed by atoms with Crippen molar-refractivity contribution in [3.05, 3.63) is 35.7 Å². The molecule has 134 valence electrons. The molecule has 0 unspecified atom stereocenters. The molecule has 5 nitrogen and oxygen atoms in total. The summed E-state index contributed by atoms with van der Waals surface area (Å²) in [5.74, 6) is 1.32. The van der Waals surface area contributed by atoms with Crippen LogP contribution in [0, 0.1) is 12.3 Å². The summed E-state index contributed by atoms with van der Waals surface area (Å²) >= 11 is 0. The predicted octanol–water partition coefficient (Wildman–Crippen LogP) is 4.53. The molecule has 1 amide bonds. The highest BCUT2D eigenvalue weighted by atomic mass is 16.5. The van der Waals surface area contributed by atoms with Crippen LogP contribution in [0.25, 0.3) is 11.4 Å². The summed E-state index contributed by atoms with van der Waals surface area (Å²) in [7, 11) is 0. The molecule has 1 aromatic heterocycles. The zero-order valence-corrected chi connectivity index (χ0v) is 15.6. The quantitative estimate of drug-likeness (QED) is 0.822. The van der Waals surface area contributed by atoms with E-state index in [1.165, 1.54) is 0 Å². The number of rotatable bonds is 3. The smallest absolute Gasteiger partial charge is 0.249 e. The lowest BCUT2D eigenvalue weighted by Gasteiger charge is -2.35. The zero-order chi connectivity index (χ0) is 18.0. The first-order chi connectivity index (χ1) is 11.8. The highest BCUT2D eigenvalue weighted by Gasteiger charge is 2.33. The molecule has 0 radical (unpaired) electrons.